The lowest BCUT2D eigenvalue weighted by Gasteiger charge is -2.14. The van der Waals surface area contributed by atoms with E-state index < -0.39 is 38.9 Å². The molecule has 0 heterocycles. The minimum absolute atomic E-state index is 0.114. The van der Waals surface area contributed by atoms with Crippen LogP contribution in [0.1, 0.15) is 10.4 Å². The lowest BCUT2D eigenvalue weighted by Crippen LogP contribution is -2.16. The van der Waals surface area contributed by atoms with Crippen molar-refractivity contribution in [2.45, 2.75) is 4.90 Å². The van der Waals surface area contributed by atoms with Gasteiger partial charge >= 0.3 is 5.97 Å². The molecule has 27 heavy (non-hydrogen) atoms. The average molecular weight is 466 g/mol. The fourth-order valence-electron chi connectivity index (χ4n) is 2.13. The van der Waals surface area contributed by atoms with Gasteiger partial charge in [0.2, 0.25) is 0 Å². The smallest absolute Gasteiger partial charge is 0.340 e. The number of rotatable bonds is 6. The zero-order chi connectivity index (χ0) is 20.4. The number of sulfonamides is 1. The van der Waals surface area contributed by atoms with Crippen molar-refractivity contribution in [2.75, 3.05) is 26.1 Å². The lowest BCUT2D eigenvalue weighted by atomic mass is 10.2. The number of hydrogen-bond acceptors (Lipinski definition) is 6. The number of carbonyl (C=O) groups excluding carboxylic acids is 1. The number of benzene rings is 2. The first kappa shape index (κ1) is 20.9. The van der Waals surface area contributed by atoms with Crippen molar-refractivity contribution in [3.8, 4) is 11.5 Å². The maximum Gasteiger partial charge on any atom is 0.340 e. The summed E-state index contributed by atoms with van der Waals surface area (Å²) in [4.78, 5) is 11.3. The highest BCUT2D eigenvalue weighted by molar-refractivity contribution is 9.10. The molecule has 0 aliphatic carbocycles. The number of carbonyl (C=O) groups is 1. The van der Waals surface area contributed by atoms with Gasteiger partial charge in [0.15, 0.2) is 11.5 Å². The van der Waals surface area contributed by atoms with E-state index in [4.69, 9.17) is 9.47 Å². The summed E-state index contributed by atoms with van der Waals surface area (Å²) in [5.74, 6) is -3.09. The molecule has 0 spiro atoms. The minimum atomic E-state index is -4.33. The maximum absolute atomic E-state index is 14.0. The molecule has 2 aromatic rings. The van der Waals surface area contributed by atoms with Gasteiger partial charge in [0.05, 0.1) is 32.6 Å². The standard InChI is InChI=1S/C16H14BrF2NO6S/c1-24-13-5-9(17)15(7-14(13)25-2)27(22,23)20-12-4-8(16(21)26-3)10(18)6-11(12)19/h4-7,20H,1-3H3. The molecule has 0 saturated heterocycles. The number of hydrogen-bond donors (Lipinski definition) is 1. The van der Waals surface area contributed by atoms with E-state index in [1.54, 1.807) is 0 Å². The fraction of sp³-hybridized carbons (Fsp3) is 0.188. The van der Waals surface area contributed by atoms with Crippen LogP contribution in [0.5, 0.6) is 11.5 Å². The Balaban J connectivity index is 2.53. The topological polar surface area (TPSA) is 90.9 Å². The van der Waals surface area contributed by atoms with Crippen LogP contribution in [0.2, 0.25) is 0 Å². The summed E-state index contributed by atoms with van der Waals surface area (Å²) in [7, 11) is -0.632. The van der Waals surface area contributed by atoms with Gasteiger partial charge in [-0.05, 0) is 28.1 Å². The highest BCUT2D eigenvalue weighted by Gasteiger charge is 2.24. The van der Waals surface area contributed by atoms with Crippen LogP contribution in [-0.4, -0.2) is 35.7 Å². The van der Waals surface area contributed by atoms with E-state index in [1.807, 2.05) is 4.72 Å². The Hall–Kier alpha value is -2.40. The second-order valence-corrected chi connectivity index (χ2v) is 7.55. The number of nitrogens with one attached hydrogen (secondary N) is 1. The fourth-order valence-corrected chi connectivity index (χ4v) is 4.23. The molecule has 0 fully saturated rings. The van der Waals surface area contributed by atoms with Gasteiger partial charge in [0.1, 0.15) is 16.5 Å². The largest absolute Gasteiger partial charge is 0.493 e. The van der Waals surface area contributed by atoms with Gasteiger partial charge in [-0.25, -0.2) is 22.0 Å². The summed E-state index contributed by atoms with van der Waals surface area (Å²) in [6.45, 7) is 0. The van der Waals surface area contributed by atoms with Crippen LogP contribution in [0.25, 0.3) is 0 Å². The highest BCUT2D eigenvalue weighted by atomic mass is 79.9. The van der Waals surface area contributed by atoms with Crippen LogP contribution in [0.3, 0.4) is 0 Å². The van der Waals surface area contributed by atoms with E-state index in [-0.39, 0.29) is 20.9 Å². The molecule has 0 unspecified atom stereocenters. The first-order valence-electron chi connectivity index (χ1n) is 7.16. The molecule has 0 aromatic heterocycles. The SMILES string of the molecule is COC(=O)c1cc(NS(=O)(=O)c2cc(OC)c(OC)cc2Br)c(F)cc1F. The third-order valence-corrected chi connectivity index (χ3v) is 5.76. The predicted molar refractivity (Wildman–Crippen MR) is 95.8 cm³/mol. The monoisotopic (exact) mass is 465 g/mol. The Labute approximate surface area is 162 Å². The first-order chi connectivity index (χ1) is 12.6. The quantitative estimate of drug-likeness (QED) is 0.657. The molecular formula is C16H14BrF2NO6S. The highest BCUT2D eigenvalue weighted by Crippen LogP contribution is 2.36. The molecule has 2 aromatic carbocycles. The van der Waals surface area contributed by atoms with Crippen molar-refractivity contribution in [1.82, 2.24) is 0 Å². The molecule has 0 aliphatic rings. The van der Waals surface area contributed by atoms with Gasteiger partial charge in [0, 0.05) is 16.6 Å². The molecule has 1 N–H and O–H groups in total. The van der Waals surface area contributed by atoms with Crippen LogP contribution in [-0.2, 0) is 14.8 Å². The van der Waals surface area contributed by atoms with Crippen LogP contribution < -0.4 is 14.2 Å². The third kappa shape index (κ3) is 4.30. The summed E-state index contributed by atoms with van der Waals surface area (Å²) in [5.41, 5.74) is -1.25. The summed E-state index contributed by atoms with van der Waals surface area (Å²) >= 11 is 3.10. The predicted octanol–water partition coefficient (Wildman–Crippen LogP) is 3.33. The maximum atomic E-state index is 14.0. The number of esters is 1. The molecule has 0 amide bonds. The van der Waals surface area contributed by atoms with Crippen LogP contribution >= 0.6 is 15.9 Å². The van der Waals surface area contributed by atoms with E-state index in [0.29, 0.717) is 12.1 Å². The molecule has 11 heteroatoms. The van der Waals surface area contributed by atoms with Crippen LogP contribution in [0.15, 0.2) is 33.6 Å². The van der Waals surface area contributed by atoms with E-state index in [1.165, 1.54) is 20.3 Å². The Kier molecular flexibility index (Phi) is 6.26. The van der Waals surface area contributed by atoms with E-state index >= 15 is 0 Å². The van der Waals surface area contributed by atoms with Crippen molar-refractivity contribution in [2.24, 2.45) is 0 Å². The molecule has 0 saturated carbocycles. The molecule has 2 rings (SSSR count). The van der Waals surface area contributed by atoms with E-state index in [2.05, 4.69) is 20.7 Å². The van der Waals surface area contributed by atoms with Gasteiger partial charge in [-0.3, -0.25) is 4.72 Å². The Morgan fingerprint density at radius 2 is 1.59 bits per heavy atom. The van der Waals surface area contributed by atoms with Crippen molar-refractivity contribution in [3.05, 3.63) is 45.9 Å². The second kappa shape index (κ2) is 8.09. The number of methoxy groups -OCH3 is 3. The van der Waals surface area contributed by atoms with E-state index in [0.717, 1.165) is 13.2 Å². The summed E-state index contributed by atoms with van der Waals surface area (Å²) < 4.78 is 69.7. The number of anilines is 1. The first-order valence-corrected chi connectivity index (χ1v) is 9.44. The summed E-state index contributed by atoms with van der Waals surface area (Å²) in [6, 6.07) is 3.61. The minimum Gasteiger partial charge on any atom is -0.493 e. The van der Waals surface area contributed by atoms with Crippen molar-refractivity contribution in [1.29, 1.82) is 0 Å². The Morgan fingerprint density at radius 1 is 1.00 bits per heavy atom. The Bertz CT molecular complexity index is 997. The van der Waals surface area contributed by atoms with Crippen molar-refractivity contribution in [3.63, 3.8) is 0 Å². The Morgan fingerprint density at radius 3 is 2.15 bits per heavy atom. The van der Waals surface area contributed by atoms with Crippen molar-refractivity contribution >= 4 is 37.6 Å². The molecule has 7 nitrogen and oxygen atoms in total. The third-order valence-electron chi connectivity index (χ3n) is 3.43. The van der Waals surface area contributed by atoms with Gasteiger partial charge in [0.25, 0.3) is 10.0 Å². The molecule has 146 valence electrons. The van der Waals surface area contributed by atoms with Crippen LogP contribution in [0.4, 0.5) is 14.5 Å². The number of halogens is 3. The second-order valence-electron chi connectivity index (χ2n) is 5.05. The van der Waals surface area contributed by atoms with Gasteiger partial charge in [-0.1, -0.05) is 0 Å². The molecule has 0 atom stereocenters. The zero-order valence-electron chi connectivity index (χ0n) is 14.3. The van der Waals surface area contributed by atoms with Crippen molar-refractivity contribution < 1.29 is 36.2 Å². The molecule has 0 radical (unpaired) electrons. The summed E-state index contributed by atoms with van der Waals surface area (Å²) in [5, 5.41) is 0. The summed E-state index contributed by atoms with van der Waals surface area (Å²) in [6.07, 6.45) is 0. The lowest BCUT2D eigenvalue weighted by molar-refractivity contribution is 0.0595. The average Bonchev–Trinajstić information content (AvgIpc) is 2.62. The molecule has 0 aliphatic heterocycles. The number of ether oxygens (including phenoxy) is 3. The normalized spacial score (nSPS) is 11.0. The van der Waals surface area contributed by atoms with Gasteiger partial charge in [-0.15, -0.1) is 0 Å². The zero-order valence-corrected chi connectivity index (χ0v) is 16.7. The molecular weight excluding hydrogens is 452 g/mol. The van der Waals surface area contributed by atoms with Crippen LogP contribution in [0, 0.1) is 11.6 Å². The molecule has 0 bridgehead atoms. The van der Waals surface area contributed by atoms with E-state index in [9.17, 15) is 22.0 Å². The van der Waals surface area contributed by atoms with Gasteiger partial charge in [-0.2, -0.15) is 0 Å². The van der Waals surface area contributed by atoms with Gasteiger partial charge < -0.3 is 14.2 Å².